The predicted molar refractivity (Wildman–Crippen MR) is 193 cm³/mol. The van der Waals surface area contributed by atoms with Gasteiger partial charge in [-0.25, -0.2) is 18.2 Å². The molecule has 2 aromatic rings. The third-order valence-electron chi connectivity index (χ3n) is 10.5. The van der Waals surface area contributed by atoms with Crippen molar-refractivity contribution in [2.24, 2.45) is 5.92 Å². The first-order valence-electron chi connectivity index (χ1n) is 18.2. The Bertz CT molecular complexity index is 1990. The molecule has 1 spiro atoms. The Morgan fingerprint density at radius 1 is 1.08 bits per heavy atom. The molecule has 0 bridgehead atoms. The number of carbonyl (C=O) groups is 4. The molecule has 3 N–H and O–H groups in total. The highest BCUT2D eigenvalue weighted by Crippen LogP contribution is 2.47. The maximum Gasteiger partial charge on any atom is 0.408 e. The molecule has 5 aliphatic rings. The first-order valence-corrected chi connectivity index (χ1v) is 19.8. The van der Waals surface area contributed by atoms with E-state index in [9.17, 15) is 27.6 Å². The number of sulfonamides is 1. The van der Waals surface area contributed by atoms with E-state index in [1.807, 2.05) is 55.5 Å². The van der Waals surface area contributed by atoms with Crippen molar-refractivity contribution in [1.82, 2.24) is 25.2 Å². The highest BCUT2D eigenvalue weighted by Gasteiger charge is 2.63. The number of carbonyl (C=O) groups excluding carboxylic acids is 4. The Morgan fingerprint density at radius 2 is 1.85 bits per heavy atom. The van der Waals surface area contributed by atoms with Gasteiger partial charge in [-0.05, 0) is 78.4 Å². The van der Waals surface area contributed by atoms with Gasteiger partial charge in [-0.15, -0.1) is 0 Å². The molecule has 4 amide bonds. The molecule has 278 valence electrons. The number of nitrogens with zero attached hydrogens (tertiary/aromatic N) is 2. The monoisotopic (exact) mass is 733 g/mol. The van der Waals surface area contributed by atoms with E-state index in [0.29, 0.717) is 43.5 Å². The normalized spacial score (nSPS) is 29.8. The molecule has 2 saturated carbocycles. The van der Waals surface area contributed by atoms with Crippen LogP contribution < -0.4 is 20.1 Å². The molecular weight excluding hydrogens is 687 g/mol. The van der Waals surface area contributed by atoms with Gasteiger partial charge >= 0.3 is 6.09 Å². The molecule has 3 aliphatic heterocycles. The Morgan fingerprint density at radius 3 is 2.60 bits per heavy atom. The molecule has 7 rings (SSSR count). The number of aromatic nitrogens is 1. The standard InChI is InChI=1S/C38H47N5O8S/c1-23-31-27(26-13-10-11-14-28(26)39-23)18-19-37(50-31)21-30-32(44)41-38(34(46)42-52(48,49)25-16-17-25)20-24(38)12-8-6-5-7-9-15-29(33(45)43(30)22-37)40-35(47)51-36(2,3)4/h8,10-14,18-19,24-25,29-30H,5-7,9,15-17,20-22H2,1-4H3,(H,40,47)(H,41,44)(H,42,46)/b12-8-/t24-,29-,30-,37+,38+/m0/s1. The summed E-state index contributed by atoms with van der Waals surface area (Å²) in [4.78, 5) is 62.1. The van der Waals surface area contributed by atoms with Crippen LogP contribution in [0.15, 0.2) is 42.5 Å². The molecule has 2 aliphatic carbocycles. The molecule has 13 nitrogen and oxygen atoms in total. The van der Waals surface area contributed by atoms with Crippen LogP contribution in [-0.2, 0) is 29.1 Å². The third kappa shape index (κ3) is 7.13. The van der Waals surface area contributed by atoms with Crippen molar-refractivity contribution in [2.75, 3.05) is 6.54 Å². The van der Waals surface area contributed by atoms with Crippen LogP contribution in [0.1, 0.15) is 89.8 Å². The SMILES string of the molecule is Cc1nc2ccccc2c2c1O[C@]1(C=C2)C[C@H]2C(=O)N[C@]3(C(=O)NS(=O)(=O)C4CC4)C[C@@H]3/C=C\CCCCC[C@H](NC(=O)OC(C)(C)C)C(=O)N2C1. The number of rotatable bonds is 4. The number of amides is 4. The molecule has 14 heteroatoms. The van der Waals surface area contributed by atoms with Crippen molar-refractivity contribution >= 4 is 50.8 Å². The van der Waals surface area contributed by atoms with E-state index in [1.165, 1.54) is 4.90 Å². The summed E-state index contributed by atoms with van der Waals surface area (Å²) in [5.41, 5.74) is -1.11. The number of benzene rings is 1. The smallest absolute Gasteiger partial charge is 0.408 e. The molecule has 0 unspecified atom stereocenters. The zero-order valence-corrected chi connectivity index (χ0v) is 30.9. The average Bonchev–Trinajstić information content (AvgIpc) is 4.00. The highest BCUT2D eigenvalue weighted by molar-refractivity contribution is 7.91. The molecule has 1 aromatic heterocycles. The van der Waals surface area contributed by atoms with Gasteiger partial charge in [-0.1, -0.05) is 49.3 Å². The Kier molecular flexibility index (Phi) is 9.11. The minimum atomic E-state index is -3.89. The number of hydrogen-bond donors (Lipinski definition) is 3. The van der Waals surface area contributed by atoms with E-state index in [1.54, 1.807) is 20.8 Å². The van der Waals surface area contributed by atoms with Crippen LogP contribution >= 0.6 is 0 Å². The van der Waals surface area contributed by atoms with Gasteiger partial charge in [0.15, 0.2) is 0 Å². The van der Waals surface area contributed by atoms with Gasteiger partial charge < -0.3 is 25.0 Å². The van der Waals surface area contributed by atoms with Crippen molar-refractivity contribution in [1.29, 1.82) is 0 Å². The fraction of sp³-hybridized carbons (Fsp3) is 0.553. The molecule has 0 radical (unpaired) electrons. The summed E-state index contributed by atoms with van der Waals surface area (Å²) in [6.45, 7) is 7.04. The van der Waals surface area contributed by atoms with Crippen LogP contribution in [0.2, 0.25) is 0 Å². The maximum atomic E-state index is 14.6. The number of hydrogen-bond acceptors (Lipinski definition) is 9. The lowest BCUT2D eigenvalue weighted by atomic mass is 9.93. The number of para-hydroxylation sites is 1. The molecule has 1 aromatic carbocycles. The first-order chi connectivity index (χ1) is 24.6. The number of ether oxygens (including phenoxy) is 2. The zero-order chi connectivity index (χ0) is 37.1. The first kappa shape index (κ1) is 35.9. The minimum Gasteiger partial charge on any atom is -0.479 e. The molecule has 52 heavy (non-hydrogen) atoms. The van der Waals surface area contributed by atoms with Crippen molar-refractivity contribution in [2.45, 2.75) is 120 Å². The van der Waals surface area contributed by atoms with Crippen molar-refractivity contribution < 1.29 is 37.1 Å². The topological polar surface area (TPSA) is 173 Å². The Balaban J connectivity index is 1.24. The van der Waals surface area contributed by atoms with Crippen LogP contribution in [0.25, 0.3) is 17.0 Å². The van der Waals surface area contributed by atoms with Crippen molar-refractivity contribution in [3.63, 3.8) is 0 Å². The average molecular weight is 734 g/mol. The van der Waals surface area contributed by atoms with E-state index in [2.05, 4.69) is 15.4 Å². The van der Waals surface area contributed by atoms with E-state index < -0.39 is 73.8 Å². The summed E-state index contributed by atoms with van der Waals surface area (Å²) in [6.07, 6.45) is 11.4. The number of nitrogens with one attached hydrogen (secondary N) is 3. The molecular formula is C38H47N5O8S. The fourth-order valence-electron chi connectivity index (χ4n) is 7.60. The second-order valence-corrected chi connectivity index (χ2v) is 17.8. The minimum absolute atomic E-state index is 0.0167. The van der Waals surface area contributed by atoms with Crippen LogP contribution in [0.3, 0.4) is 0 Å². The summed E-state index contributed by atoms with van der Waals surface area (Å²) < 4.78 is 40.2. The van der Waals surface area contributed by atoms with E-state index in [4.69, 9.17) is 14.5 Å². The molecule has 4 heterocycles. The summed E-state index contributed by atoms with van der Waals surface area (Å²) in [5.74, 6) is -1.74. The highest BCUT2D eigenvalue weighted by atomic mass is 32.2. The predicted octanol–water partition coefficient (Wildman–Crippen LogP) is 4.19. The molecule has 1 saturated heterocycles. The zero-order valence-electron chi connectivity index (χ0n) is 30.1. The quantitative estimate of drug-likeness (QED) is 0.390. The Hall–Kier alpha value is -4.46. The van der Waals surface area contributed by atoms with Gasteiger partial charge in [-0.3, -0.25) is 19.1 Å². The van der Waals surface area contributed by atoms with Crippen LogP contribution in [0.4, 0.5) is 4.79 Å². The number of fused-ring (bicyclic) bond motifs is 5. The summed E-state index contributed by atoms with van der Waals surface area (Å²) in [5, 5.41) is 5.96. The summed E-state index contributed by atoms with van der Waals surface area (Å²) in [6, 6.07) is 5.61. The lowest BCUT2D eigenvalue weighted by molar-refractivity contribution is -0.141. The van der Waals surface area contributed by atoms with Gasteiger partial charge in [-0.2, -0.15) is 0 Å². The van der Waals surface area contributed by atoms with Gasteiger partial charge in [0.1, 0.15) is 34.6 Å². The van der Waals surface area contributed by atoms with Crippen molar-refractivity contribution in [3.05, 3.63) is 53.8 Å². The van der Waals surface area contributed by atoms with Crippen LogP contribution in [-0.4, -0.2) is 82.7 Å². The number of aryl methyl sites for hydroxylation is 1. The van der Waals surface area contributed by atoms with E-state index in [0.717, 1.165) is 29.3 Å². The Labute approximate surface area is 304 Å². The van der Waals surface area contributed by atoms with E-state index in [-0.39, 0.29) is 19.4 Å². The largest absolute Gasteiger partial charge is 0.479 e. The van der Waals surface area contributed by atoms with Gasteiger partial charge in [0.25, 0.3) is 5.91 Å². The van der Waals surface area contributed by atoms with Gasteiger partial charge in [0, 0.05) is 23.3 Å². The molecule has 5 atom stereocenters. The van der Waals surface area contributed by atoms with Crippen LogP contribution in [0, 0.1) is 12.8 Å². The summed E-state index contributed by atoms with van der Waals surface area (Å²) >= 11 is 0. The molecule has 3 fully saturated rings. The van der Waals surface area contributed by atoms with Crippen LogP contribution in [0.5, 0.6) is 5.75 Å². The lowest BCUT2D eigenvalue weighted by Crippen LogP contribution is -2.58. The fourth-order valence-corrected chi connectivity index (χ4v) is 8.96. The second-order valence-electron chi connectivity index (χ2n) is 15.9. The van der Waals surface area contributed by atoms with Crippen molar-refractivity contribution in [3.8, 4) is 5.75 Å². The lowest BCUT2D eigenvalue weighted by Gasteiger charge is -2.33. The van der Waals surface area contributed by atoms with Gasteiger partial charge in [0.2, 0.25) is 21.8 Å². The third-order valence-corrected chi connectivity index (χ3v) is 12.4. The summed E-state index contributed by atoms with van der Waals surface area (Å²) in [7, 11) is -3.89. The second kappa shape index (κ2) is 13.2. The number of pyridine rings is 1. The van der Waals surface area contributed by atoms with E-state index >= 15 is 0 Å². The van der Waals surface area contributed by atoms with Gasteiger partial charge in [0.05, 0.1) is 23.0 Å². The number of allylic oxidation sites excluding steroid dienone is 1. The maximum absolute atomic E-state index is 14.6. The number of alkyl carbamates (subject to hydrolysis) is 1.